The van der Waals surface area contributed by atoms with Gasteiger partial charge in [-0.05, 0) is 12.1 Å². The van der Waals surface area contributed by atoms with Crippen molar-refractivity contribution in [2.45, 2.75) is 0 Å². The van der Waals surface area contributed by atoms with Crippen molar-refractivity contribution in [1.29, 1.82) is 0 Å². The summed E-state index contributed by atoms with van der Waals surface area (Å²) in [6.07, 6.45) is 1.53. The summed E-state index contributed by atoms with van der Waals surface area (Å²) in [7, 11) is 0. The van der Waals surface area contributed by atoms with Gasteiger partial charge >= 0.3 is 0 Å². The van der Waals surface area contributed by atoms with E-state index in [-0.39, 0.29) is 0 Å². The minimum atomic E-state index is 0.524. The van der Waals surface area contributed by atoms with Crippen LogP contribution in [0.4, 0.5) is 0 Å². The summed E-state index contributed by atoms with van der Waals surface area (Å²) >= 11 is 18.9. The molecule has 0 fully saturated rings. The van der Waals surface area contributed by atoms with Crippen LogP contribution in [0.25, 0.3) is 20.9 Å². The number of aromatic nitrogens is 3. The Balaban J connectivity index is 2.33. The summed E-state index contributed by atoms with van der Waals surface area (Å²) in [5.74, 6) is 0. The highest BCUT2D eigenvalue weighted by Crippen LogP contribution is 2.38. The molecule has 3 nitrogen and oxygen atoms in total. The monoisotopic (exact) mass is 313 g/mol. The van der Waals surface area contributed by atoms with Gasteiger partial charge in [0.2, 0.25) is 0 Å². The van der Waals surface area contributed by atoms with E-state index in [0.717, 1.165) is 15.3 Å². The molecule has 0 aliphatic heterocycles. The zero-order valence-corrected chi connectivity index (χ0v) is 11.9. The van der Waals surface area contributed by atoms with Crippen LogP contribution >= 0.6 is 46.8 Å². The zero-order chi connectivity index (χ0) is 12.7. The molecule has 7 heteroatoms. The topological polar surface area (TPSA) is 41.6 Å². The van der Waals surface area contributed by atoms with Gasteiger partial charge in [0, 0.05) is 5.56 Å². The predicted octanol–water partition coefficient (Wildman–Crippen LogP) is 4.72. The molecule has 18 heavy (non-hydrogen) atoms. The van der Waals surface area contributed by atoms with Crippen molar-refractivity contribution in [1.82, 2.24) is 15.0 Å². The van der Waals surface area contributed by atoms with E-state index in [0.29, 0.717) is 20.3 Å². The predicted molar refractivity (Wildman–Crippen MR) is 78.1 cm³/mol. The molecule has 0 unspecified atom stereocenters. The molecule has 2 aromatic heterocycles. The Morgan fingerprint density at radius 3 is 2.61 bits per heavy atom. The number of H-pyrrole nitrogens is 1. The fourth-order valence-electron chi connectivity index (χ4n) is 1.58. The molecule has 0 saturated heterocycles. The molecule has 0 spiro atoms. The standard InChI is InChI=1S/C11H5Cl2N3S2/c12-5-2-1-3-6(13)7(5)11-16-9-8(18-11)10(17)15-4-14-9/h1-4H,(H,14,15,17). The third-order valence-corrected chi connectivity index (χ3v) is 4.53. The molecular formula is C11H5Cl2N3S2. The maximum Gasteiger partial charge on any atom is 0.153 e. The van der Waals surface area contributed by atoms with Crippen molar-refractivity contribution in [2.24, 2.45) is 0 Å². The van der Waals surface area contributed by atoms with E-state index >= 15 is 0 Å². The summed E-state index contributed by atoms with van der Waals surface area (Å²) in [4.78, 5) is 11.4. The SMILES string of the molecule is S=c1nc[nH]c2nc(-c3c(Cl)cccc3Cl)sc12. The average molecular weight is 314 g/mol. The third kappa shape index (κ3) is 1.93. The van der Waals surface area contributed by atoms with E-state index in [1.807, 2.05) is 0 Å². The van der Waals surface area contributed by atoms with Crippen LogP contribution in [-0.4, -0.2) is 15.0 Å². The Hall–Kier alpha value is -1.01. The molecule has 1 N–H and O–H groups in total. The van der Waals surface area contributed by atoms with Gasteiger partial charge in [0.1, 0.15) is 14.3 Å². The minimum Gasteiger partial charge on any atom is -0.330 e. The van der Waals surface area contributed by atoms with E-state index in [1.54, 1.807) is 18.2 Å². The first kappa shape index (κ1) is 12.0. The molecule has 0 amide bonds. The van der Waals surface area contributed by atoms with Crippen LogP contribution in [0.3, 0.4) is 0 Å². The lowest BCUT2D eigenvalue weighted by Gasteiger charge is -2.01. The number of rotatable bonds is 1. The number of hydrogen-bond acceptors (Lipinski definition) is 4. The highest BCUT2D eigenvalue weighted by atomic mass is 35.5. The highest BCUT2D eigenvalue weighted by Gasteiger charge is 2.14. The molecule has 0 atom stereocenters. The van der Waals surface area contributed by atoms with Crippen LogP contribution in [0.1, 0.15) is 0 Å². The summed E-state index contributed by atoms with van der Waals surface area (Å²) in [5.41, 5.74) is 1.43. The van der Waals surface area contributed by atoms with Crippen molar-refractivity contribution >= 4 is 57.1 Å². The summed E-state index contributed by atoms with van der Waals surface area (Å²) in [6, 6.07) is 5.37. The molecule has 2 heterocycles. The fourth-order valence-corrected chi connectivity index (χ4v) is 3.54. The first-order valence-corrected chi connectivity index (χ1v) is 6.93. The smallest absolute Gasteiger partial charge is 0.153 e. The summed E-state index contributed by atoms with van der Waals surface area (Å²) in [5, 5.41) is 1.87. The first-order chi connectivity index (χ1) is 8.66. The number of benzene rings is 1. The van der Waals surface area contributed by atoms with Crippen LogP contribution < -0.4 is 0 Å². The van der Waals surface area contributed by atoms with Gasteiger partial charge in [0.25, 0.3) is 0 Å². The van der Waals surface area contributed by atoms with Crippen molar-refractivity contribution < 1.29 is 0 Å². The average Bonchev–Trinajstić information content (AvgIpc) is 2.74. The van der Waals surface area contributed by atoms with Gasteiger partial charge < -0.3 is 4.98 Å². The quantitative estimate of drug-likeness (QED) is 0.661. The van der Waals surface area contributed by atoms with Crippen molar-refractivity contribution in [3.8, 4) is 10.6 Å². The first-order valence-electron chi connectivity index (χ1n) is 4.95. The number of thiazole rings is 1. The molecule has 0 radical (unpaired) electrons. The van der Waals surface area contributed by atoms with Gasteiger partial charge in [0.15, 0.2) is 5.65 Å². The summed E-state index contributed by atoms with van der Waals surface area (Å²) in [6.45, 7) is 0. The van der Waals surface area contributed by atoms with Crippen LogP contribution in [0.2, 0.25) is 10.0 Å². The van der Waals surface area contributed by atoms with Crippen molar-refractivity contribution in [2.75, 3.05) is 0 Å². The Bertz CT molecular complexity index is 774. The molecule has 3 aromatic rings. The number of nitrogens with zero attached hydrogens (tertiary/aromatic N) is 2. The van der Waals surface area contributed by atoms with Gasteiger partial charge in [-0.3, -0.25) is 0 Å². The van der Waals surface area contributed by atoms with Crippen LogP contribution in [-0.2, 0) is 0 Å². The molecule has 90 valence electrons. The molecule has 0 aliphatic rings. The summed E-state index contributed by atoms with van der Waals surface area (Å²) < 4.78 is 1.36. The Morgan fingerprint density at radius 2 is 1.94 bits per heavy atom. The highest BCUT2D eigenvalue weighted by molar-refractivity contribution is 7.71. The van der Waals surface area contributed by atoms with Gasteiger partial charge in [-0.15, -0.1) is 11.3 Å². The maximum atomic E-state index is 6.16. The Kier molecular flexibility index (Phi) is 3.07. The van der Waals surface area contributed by atoms with E-state index in [2.05, 4.69) is 15.0 Å². The van der Waals surface area contributed by atoms with E-state index in [4.69, 9.17) is 35.4 Å². The largest absolute Gasteiger partial charge is 0.330 e. The molecule has 0 aliphatic carbocycles. The van der Waals surface area contributed by atoms with Gasteiger partial charge in [-0.2, -0.15) is 0 Å². The fraction of sp³-hybridized carbons (Fsp3) is 0. The van der Waals surface area contributed by atoms with E-state index in [1.165, 1.54) is 17.7 Å². The second kappa shape index (κ2) is 4.59. The number of fused-ring (bicyclic) bond motifs is 1. The number of hydrogen-bond donors (Lipinski definition) is 1. The second-order valence-corrected chi connectivity index (χ2v) is 5.70. The van der Waals surface area contributed by atoms with Crippen molar-refractivity contribution in [3.63, 3.8) is 0 Å². The van der Waals surface area contributed by atoms with Crippen LogP contribution in [0.5, 0.6) is 0 Å². The minimum absolute atomic E-state index is 0.524. The lowest BCUT2D eigenvalue weighted by molar-refractivity contribution is 1.19. The van der Waals surface area contributed by atoms with E-state index < -0.39 is 0 Å². The number of halogens is 2. The lowest BCUT2D eigenvalue weighted by atomic mass is 10.2. The zero-order valence-electron chi connectivity index (χ0n) is 8.78. The van der Waals surface area contributed by atoms with Crippen LogP contribution in [0, 0.1) is 4.64 Å². The molecule has 0 bridgehead atoms. The van der Waals surface area contributed by atoms with Gasteiger partial charge in [-0.25, -0.2) is 9.97 Å². The molecule has 1 aromatic carbocycles. The van der Waals surface area contributed by atoms with Crippen molar-refractivity contribution in [3.05, 3.63) is 39.2 Å². The third-order valence-electron chi connectivity index (χ3n) is 2.38. The molecule has 0 saturated carbocycles. The Labute approximate surface area is 121 Å². The van der Waals surface area contributed by atoms with E-state index in [9.17, 15) is 0 Å². The second-order valence-electron chi connectivity index (χ2n) is 3.50. The normalized spacial score (nSPS) is 11.0. The molecular weight excluding hydrogens is 309 g/mol. The number of nitrogens with one attached hydrogen (secondary N) is 1. The maximum absolute atomic E-state index is 6.16. The molecule has 3 rings (SSSR count). The number of aromatic amines is 1. The van der Waals surface area contributed by atoms with Crippen LogP contribution in [0.15, 0.2) is 24.5 Å². The lowest BCUT2D eigenvalue weighted by Crippen LogP contribution is -1.81. The van der Waals surface area contributed by atoms with Gasteiger partial charge in [-0.1, -0.05) is 41.5 Å². The Morgan fingerprint density at radius 1 is 1.22 bits per heavy atom. The van der Waals surface area contributed by atoms with Gasteiger partial charge in [0.05, 0.1) is 16.4 Å².